The minimum absolute atomic E-state index is 0.0556. The van der Waals surface area contributed by atoms with Crippen molar-refractivity contribution in [2.75, 3.05) is 24.3 Å². The van der Waals surface area contributed by atoms with E-state index in [2.05, 4.69) is 15.5 Å². The SMILES string of the molecule is CO/N=C(/C(=O)N[C@@H]1C(=O)N2C3=C(CSC3=O)CS[C@H]12)c1csc(N)n1. The number of amides is 2. The summed E-state index contributed by atoms with van der Waals surface area (Å²) in [6.07, 6.45) is 0. The number of thioether (sulfide) groups is 2. The molecular formula is C14H13N5O4S3. The molecule has 26 heavy (non-hydrogen) atoms. The number of hydrogen-bond acceptors (Lipinski definition) is 10. The molecule has 1 aromatic heterocycles. The Morgan fingerprint density at radius 3 is 2.96 bits per heavy atom. The number of oxime groups is 1. The molecule has 0 aromatic carbocycles. The molecule has 0 unspecified atom stereocenters. The van der Waals surface area contributed by atoms with Crippen LogP contribution in [-0.4, -0.2) is 62.6 Å². The van der Waals surface area contributed by atoms with Crippen molar-refractivity contribution in [1.82, 2.24) is 15.2 Å². The highest BCUT2D eigenvalue weighted by atomic mass is 32.2. The topological polar surface area (TPSA) is 127 Å². The average Bonchev–Trinajstić information content (AvgIpc) is 3.22. The molecule has 0 bridgehead atoms. The number of nitrogens with two attached hydrogens (primary N) is 1. The fraction of sp³-hybridized carbons (Fsp3) is 0.357. The molecule has 2 atom stereocenters. The van der Waals surface area contributed by atoms with Crippen LogP contribution in [0.5, 0.6) is 0 Å². The first-order valence-corrected chi connectivity index (χ1v) is 10.4. The van der Waals surface area contributed by atoms with Gasteiger partial charge in [-0.1, -0.05) is 16.9 Å². The lowest BCUT2D eigenvalue weighted by atomic mass is 10.0. The summed E-state index contributed by atoms with van der Waals surface area (Å²) in [5.41, 5.74) is 7.30. The highest BCUT2D eigenvalue weighted by molar-refractivity contribution is 8.14. The van der Waals surface area contributed by atoms with E-state index >= 15 is 0 Å². The monoisotopic (exact) mass is 411 g/mol. The molecule has 4 heterocycles. The summed E-state index contributed by atoms with van der Waals surface area (Å²) in [4.78, 5) is 47.4. The second-order valence-electron chi connectivity index (χ2n) is 5.58. The summed E-state index contributed by atoms with van der Waals surface area (Å²) in [7, 11) is 1.31. The number of β-lactam (4-membered cyclic amide) rings is 1. The zero-order valence-corrected chi connectivity index (χ0v) is 15.9. The third kappa shape index (κ3) is 2.68. The van der Waals surface area contributed by atoms with Crippen LogP contribution in [0.15, 0.2) is 21.8 Å². The van der Waals surface area contributed by atoms with Crippen LogP contribution in [0.4, 0.5) is 5.13 Å². The number of hydrogen-bond donors (Lipinski definition) is 2. The Morgan fingerprint density at radius 2 is 2.27 bits per heavy atom. The van der Waals surface area contributed by atoms with Crippen molar-refractivity contribution in [1.29, 1.82) is 0 Å². The number of fused-ring (bicyclic) bond motifs is 2. The van der Waals surface area contributed by atoms with Gasteiger partial charge in [0.05, 0.1) is 0 Å². The molecule has 0 radical (unpaired) electrons. The summed E-state index contributed by atoms with van der Waals surface area (Å²) < 4.78 is 0. The van der Waals surface area contributed by atoms with Gasteiger partial charge in [0.1, 0.15) is 29.9 Å². The highest BCUT2D eigenvalue weighted by Crippen LogP contribution is 2.45. The predicted molar refractivity (Wildman–Crippen MR) is 99.6 cm³/mol. The number of carbonyl (C=O) groups is 3. The Bertz CT molecular complexity index is 880. The normalized spacial score (nSPS) is 25.0. The van der Waals surface area contributed by atoms with Gasteiger partial charge in [-0.3, -0.25) is 19.3 Å². The fourth-order valence-corrected chi connectivity index (χ4v) is 5.85. The molecule has 3 aliphatic rings. The zero-order chi connectivity index (χ0) is 18.4. The molecule has 136 valence electrons. The van der Waals surface area contributed by atoms with E-state index in [9.17, 15) is 14.4 Å². The maximum Gasteiger partial charge on any atom is 0.276 e. The average molecular weight is 411 g/mol. The number of anilines is 1. The lowest BCUT2D eigenvalue weighted by Gasteiger charge is -2.48. The van der Waals surface area contributed by atoms with Crippen molar-refractivity contribution in [2.45, 2.75) is 11.4 Å². The van der Waals surface area contributed by atoms with Gasteiger partial charge in [0.2, 0.25) is 5.12 Å². The maximum atomic E-state index is 12.6. The molecule has 12 heteroatoms. The first-order chi connectivity index (χ1) is 12.5. The molecule has 3 aliphatic heterocycles. The first-order valence-electron chi connectivity index (χ1n) is 7.48. The van der Waals surface area contributed by atoms with Gasteiger partial charge in [-0.25, -0.2) is 4.98 Å². The number of rotatable bonds is 4. The number of nitrogens with one attached hydrogen (secondary N) is 1. The van der Waals surface area contributed by atoms with Crippen LogP contribution in [0.3, 0.4) is 0 Å². The molecule has 4 rings (SSSR count). The largest absolute Gasteiger partial charge is 0.398 e. The lowest BCUT2D eigenvalue weighted by molar-refractivity contribution is -0.146. The standard InChI is InChI=1S/C14H13N5O4S3/c1-23-18-7(6-4-26-14(15)16-6)10(20)17-8-11(21)19-9-5(2-24-12(8)19)3-25-13(9)22/h4,8,12H,2-3H2,1H3,(H2,15,16)(H,17,20)/b18-7+/t8-,12-/m1/s1. The number of nitrogen functional groups attached to an aromatic ring is 1. The number of aromatic nitrogens is 1. The maximum absolute atomic E-state index is 12.6. The van der Waals surface area contributed by atoms with E-state index in [-0.39, 0.29) is 27.8 Å². The van der Waals surface area contributed by atoms with Crippen LogP contribution >= 0.6 is 34.9 Å². The van der Waals surface area contributed by atoms with E-state index in [0.29, 0.717) is 22.3 Å². The van der Waals surface area contributed by atoms with Gasteiger partial charge in [-0.05, 0) is 5.57 Å². The van der Waals surface area contributed by atoms with Crippen LogP contribution in [0.1, 0.15) is 5.69 Å². The third-order valence-electron chi connectivity index (χ3n) is 4.07. The molecule has 2 amide bonds. The van der Waals surface area contributed by atoms with Gasteiger partial charge in [0, 0.05) is 16.9 Å². The van der Waals surface area contributed by atoms with Crippen LogP contribution in [-0.2, 0) is 19.2 Å². The molecule has 0 spiro atoms. The molecule has 0 saturated carbocycles. The molecule has 9 nitrogen and oxygen atoms in total. The van der Waals surface area contributed by atoms with Gasteiger partial charge in [0.25, 0.3) is 11.8 Å². The summed E-state index contributed by atoms with van der Waals surface area (Å²) in [6.45, 7) is 0. The quantitative estimate of drug-likeness (QED) is 0.403. The summed E-state index contributed by atoms with van der Waals surface area (Å²) in [6, 6.07) is -0.724. The van der Waals surface area contributed by atoms with Crippen molar-refractivity contribution in [2.24, 2.45) is 5.16 Å². The second-order valence-corrected chi connectivity index (χ2v) is 8.53. The third-order valence-corrected chi connectivity index (χ3v) is 7.03. The van der Waals surface area contributed by atoms with Crippen LogP contribution in [0.25, 0.3) is 0 Å². The fourth-order valence-electron chi connectivity index (χ4n) is 2.91. The zero-order valence-electron chi connectivity index (χ0n) is 13.4. The Hall–Kier alpha value is -2.05. The van der Waals surface area contributed by atoms with Crippen LogP contribution in [0.2, 0.25) is 0 Å². The summed E-state index contributed by atoms with van der Waals surface area (Å²) in [5.74, 6) is 0.428. The van der Waals surface area contributed by atoms with Crippen LogP contribution < -0.4 is 11.1 Å². The molecule has 0 aliphatic carbocycles. The molecule has 3 N–H and O–H groups in total. The van der Waals surface area contributed by atoms with E-state index in [0.717, 1.165) is 5.57 Å². The number of nitrogens with zero attached hydrogens (tertiary/aromatic N) is 3. The second kappa shape index (κ2) is 6.59. The van der Waals surface area contributed by atoms with Gasteiger partial charge in [-0.15, -0.1) is 23.1 Å². The van der Waals surface area contributed by atoms with Crippen molar-refractivity contribution >= 4 is 62.6 Å². The summed E-state index contributed by atoms with van der Waals surface area (Å²) >= 11 is 3.91. The van der Waals surface area contributed by atoms with E-state index in [1.54, 1.807) is 5.38 Å². The van der Waals surface area contributed by atoms with E-state index in [1.165, 1.54) is 46.9 Å². The van der Waals surface area contributed by atoms with E-state index in [1.807, 2.05) is 0 Å². The van der Waals surface area contributed by atoms with Gasteiger partial charge >= 0.3 is 0 Å². The Morgan fingerprint density at radius 1 is 1.46 bits per heavy atom. The van der Waals surface area contributed by atoms with Crippen LogP contribution in [0, 0.1) is 0 Å². The van der Waals surface area contributed by atoms with Gasteiger partial charge in [0.15, 0.2) is 10.8 Å². The molecule has 1 aromatic rings. The Kier molecular flexibility index (Phi) is 4.40. The molecular weight excluding hydrogens is 398 g/mol. The lowest BCUT2D eigenvalue weighted by Crippen LogP contribution is -2.70. The predicted octanol–water partition coefficient (Wildman–Crippen LogP) is 0.00320. The Balaban J connectivity index is 1.51. The van der Waals surface area contributed by atoms with Gasteiger partial charge < -0.3 is 15.9 Å². The number of carbonyl (C=O) groups excluding carboxylic acids is 3. The minimum atomic E-state index is -0.724. The minimum Gasteiger partial charge on any atom is -0.398 e. The van der Waals surface area contributed by atoms with E-state index in [4.69, 9.17) is 10.6 Å². The smallest absolute Gasteiger partial charge is 0.276 e. The first kappa shape index (κ1) is 17.4. The van der Waals surface area contributed by atoms with Crippen molar-refractivity contribution in [3.8, 4) is 0 Å². The van der Waals surface area contributed by atoms with Crippen molar-refractivity contribution in [3.63, 3.8) is 0 Å². The Labute approximate surface area is 160 Å². The number of thiazole rings is 1. The molecule has 1 saturated heterocycles. The van der Waals surface area contributed by atoms with Gasteiger partial charge in [-0.2, -0.15) is 0 Å². The summed E-state index contributed by atoms with van der Waals surface area (Å²) in [5, 5.41) is 7.89. The van der Waals surface area contributed by atoms with Crippen molar-refractivity contribution < 1.29 is 19.2 Å². The highest BCUT2D eigenvalue weighted by Gasteiger charge is 2.55. The van der Waals surface area contributed by atoms with Crippen molar-refractivity contribution in [3.05, 3.63) is 22.3 Å². The molecule has 1 fully saturated rings. The van der Waals surface area contributed by atoms with E-state index < -0.39 is 11.9 Å².